The predicted molar refractivity (Wildman–Crippen MR) is 77.1 cm³/mol. The lowest BCUT2D eigenvalue weighted by Gasteiger charge is -2.13. The lowest BCUT2D eigenvalue weighted by Crippen LogP contribution is -2.24. The van der Waals surface area contributed by atoms with Crippen LogP contribution >= 0.6 is 0 Å². The zero-order valence-corrected chi connectivity index (χ0v) is 11.7. The number of carbonyl (C=O) groups is 1. The van der Waals surface area contributed by atoms with Gasteiger partial charge in [0, 0.05) is 24.7 Å². The van der Waals surface area contributed by atoms with Gasteiger partial charge in [0.15, 0.2) is 0 Å². The fraction of sp³-hybridized carbons (Fsp3) is 0.571. The summed E-state index contributed by atoms with van der Waals surface area (Å²) in [5.74, 6) is -0.106. The molecule has 1 unspecified atom stereocenters. The van der Waals surface area contributed by atoms with E-state index >= 15 is 0 Å². The Morgan fingerprint density at radius 2 is 2.21 bits per heavy atom. The number of anilines is 1. The monoisotopic (exact) mass is 265 g/mol. The standard InChI is InChI=1S/C14H23N3O2/c1-3-9-17-10-12(6-7-13(17)18)16-14(19)11(2)5-4-8-15/h6-7,10-11H,3-5,8-9,15H2,1-2H3,(H,16,19). The van der Waals surface area contributed by atoms with Gasteiger partial charge in [0.1, 0.15) is 0 Å². The second-order valence-electron chi connectivity index (χ2n) is 4.77. The molecule has 0 saturated carbocycles. The molecule has 0 fully saturated rings. The highest BCUT2D eigenvalue weighted by atomic mass is 16.2. The Morgan fingerprint density at radius 1 is 1.47 bits per heavy atom. The predicted octanol–water partition coefficient (Wildman–Crippen LogP) is 1.57. The van der Waals surface area contributed by atoms with Gasteiger partial charge in [-0.25, -0.2) is 0 Å². The molecule has 0 aliphatic carbocycles. The van der Waals surface area contributed by atoms with Crippen LogP contribution < -0.4 is 16.6 Å². The number of rotatable bonds is 7. The number of nitrogens with two attached hydrogens (primary N) is 1. The van der Waals surface area contributed by atoms with Crippen LogP contribution in [0.25, 0.3) is 0 Å². The summed E-state index contributed by atoms with van der Waals surface area (Å²) in [4.78, 5) is 23.5. The van der Waals surface area contributed by atoms with Crippen molar-refractivity contribution in [3.63, 3.8) is 0 Å². The first-order valence-corrected chi connectivity index (χ1v) is 6.80. The number of nitrogens with one attached hydrogen (secondary N) is 1. The third-order valence-corrected chi connectivity index (χ3v) is 3.00. The summed E-state index contributed by atoms with van der Waals surface area (Å²) in [6.07, 6.45) is 4.18. The Morgan fingerprint density at radius 3 is 2.84 bits per heavy atom. The van der Waals surface area contributed by atoms with Crippen molar-refractivity contribution in [2.45, 2.75) is 39.7 Å². The van der Waals surface area contributed by atoms with Crippen molar-refractivity contribution in [1.82, 2.24) is 4.57 Å². The summed E-state index contributed by atoms with van der Waals surface area (Å²) in [5, 5.41) is 2.84. The number of aromatic nitrogens is 1. The van der Waals surface area contributed by atoms with Crippen LogP contribution in [0.3, 0.4) is 0 Å². The van der Waals surface area contributed by atoms with E-state index in [0.717, 1.165) is 19.3 Å². The second kappa shape index (κ2) is 7.74. The van der Waals surface area contributed by atoms with E-state index in [1.807, 2.05) is 13.8 Å². The van der Waals surface area contributed by atoms with Gasteiger partial charge in [0.25, 0.3) is 5.56 Å². The summed E-state index contributed by atoms with van der Waals surface area (Å²) in [5.41, 5.74) is 6.05. The third kappa shape index (κ3) is 4.87. The van der Waals surface area contributed by atoms with E-state index in [9.17, 15) is 9.59 Å². The molecule has 0 aliphatic heterocycles. The highest BCUT2D eigenvalue weighted by Crippen LogP contribution is 2.10. The third-order valence-electron chi connectivity index (χ3n) is 3.00. The van der Waals surface area contributed by atoms with Gasteiger partial charge < -0.3 is 15.6 Å². The van der Waals surface area contributed by atoms with E-state index in [1.54, 1.807) is 16.8 Å². The number of aryl methyl sites for hydroxylation is 1. The Bertz CT molecular complexity index is 468. The first-order chi connectivity index (χ1) is 9.08. The molecule has 19 heavy (non-hydrogen) atoms. The average Bonchev–Trinajstić information content (AvgIpc) is 2.40. The number of hydrogen-bond acceptors (Lipinski definition) is 3. The molecule has 3 N–H and O–H groups in total. The second-order valence-corrected chi connectivity index (χ2v) is 4.77. The first-order valence-electron chi connectivity index (χ1n) is 6.80. The molecule has 5 heteroatoms. The Kier molecular flexibility index (Phi) is 6.29. The van der Waals surface area contributed by atoms with Gasteiger partial charge in [0.05, 0.1) is 5.69 Å². The Labute approximate surface area is 113 Å². The van der Waals surface area contributed by atoms with E-state index in [2.05, 4.69) is 5.32 Å². The maximum absolute atomic E-state index is 11.9. The molecule has 0 aliphatic rings. The number of pyridine rings is 1. The molecule has 1 atom stereocenters. The van der Waals surface area contributed by atoms with Crippen LogP contribution in [-0.2, 0) is 11.3 Å². The van der Waals surface area contributed by atoms with Gasteiger partial charge in [-0.1, -0.05) is 13.8 Å². The molecular weight excluding hydrogens is 242 g/mol. The summed E-state index contributed by atoms with van der Waals surface area (Å²) in [6.45, 7) is 5.14. The molecule has 0 saturated heterocycles. The van der Waals surface area contributed by atoms with Crippen LogP contribution in [0.4, 0.5) is 5.69 Å². The molecule has 106 valence electrons. The smallest absolute Gasteiger partial charge is 0.250 e. The van der Waals surface area contributed by atoms with Crippen molar-refractivity contribution in [3.8, 4) is 0 Å². The van der Waals surface area contributed by atoms with Crippen molar-refractivity contribution >= 4 is 11.6 Å². The van der Waals surface area contributed by atoms with Gasteiger partial charge in [-0.3, -0.25) is 9.59 Å². The summed E-state index contributed by atoms with van der Waals surface area (Å²) < 4.78 is 1.61. The van der Waals surface area contributed by atoms with Crippen molar-refractivity contribution in [2.24, 2.45) is 11.7 Å². The van der Waals surface area contributed by atoms with E-state index in [4.69, 9.17) is 5.73 Å². The lowest BCUT2D eigenvalue weighted by atomic mass is 10.0. The Balaban J connectivity index is 2.68. The molecule has 5 nitrogen and oxygen atoms in total. The molecule has 1 aromatic rings. The van der Waals surface area contributed by atoms with Gasteiger partial charge >= 0.3 is 0 Å². The minimum absolute atomic E-state index is 0.0323. The van der Waals surface area contributed by atoms with E-state index in [0.29, 0.717) is 18.8 Å². The van der Waals surface area contributed by atoms with Gasteiger partial charge in [-0.15, -0.1) is 0 Å². The van der Waals surface area contributed by atoms with Crippen molar-refractivity contribution < 1.29 is 4.79 Å². The molecule has 0 radical (unpaired) electrons. The van der Waals surface area contributed by atoms with Gasteiger partial charge in [0.2, 0.25) is 5.91 Å². The fourth-order valence-corrected chi connectivity index (χ4v) is 1.84. The van der Waals surface area contributed by atoms with Crippen LogP contribution in [0.5, 0.6) is 0 Å². The molecule has 0 aromatic carbocycles. The molecule has 1 aromatic heterocycles. The number of amides is 1. The van der Waals surface area contributed by atoms with Crippen LogP contribution in [0, 0.1) is 5.92 Å². The van der Waals surface area contributed by atoms with Crippen LogP contribution in [0.1, 0.15) is 33.1 Å². The average molecular weight is 265 g/mol. The van der Waals surface area contributed by atoms with Gasteiger partial charge in [-0.05, 0) is 31.9 Å². The number of nitrogens with zero attached hydrogens (tertiary/aromatic N) is 1. The van der Waals surface area contributed by atoms with Gasteiger partial charge in [-0.2, -0.15) is 0 Å². The van der Waals surface area contributed by atoms with Crippen molar-refractivity contribution in [1.29, 1.82) is 0 Å². The summed E-state index contributed by atoms with van der Waals surface area (Å²) in [6, 6.07) is 3.12. The van der Waals surface area contributed by atoms with E-state index in [-0.39, 0.29) is 17.4 Å². The first kappa shape index (κ1) is 15.4. The maximum atomic E-state index is 11.9. The minimum Gasteiger partial charge on any atom is -0.330 e. The zero-order valence-electron chi connectivity index (χ0n) is 11.7. The summed E-state index contributed by atoms with van der Waals surface area (Å²) in [7, 11) is 0. The largest absolute Gasteiger partial charge is 0.330 e. The number of carbonyl (C=O) groups excluding carboxylic acids is 1. The van der Waals surface area contributed by atoms with Crippen LogP contribution in [0.15, 0.2) is 23.1 Å². The SMILES string of the molecule is CCCn1cc(NC(=O)C(C)CCCN)ccc1=O. The highest BCUT2D eigenvalue weighted by molar-refractivity contribution is 5.92. The topological polar surface area (TPSA) is 77.1 Å². The van der Waals surface area contributed by atoms with E-state index in [1.165, 1.54) is 6.07 Å². The maximum Gasteiger partial charge on any atom is 0.250 e. The van der Waals surface area contributed by atoms with Crippen molar-refractivity contribution in [3.05, 3.63) is 28.7 Å². The molecule has 1 amide bonds. The quantitative estimate of drug-likeness (QED) is 0.785. The van der Waals surface area contributed by atoms with Crippen LogP contribution in [-0.4, -0.2) is 17.0 Å². The lowest BCUT2D eigenvalue weighted by molar-refractivity contribution is -0.119. The highest BCUT2D eigenvalue weighted by Gasteiger charge is 2.12. The Hall–Kier alpha value is -1.62. The van der Waals surface area contributed by atoms with Crippen LogP contribution in [0.2, 0.25) is 0 Å². The molecule has 1 heterocycles. The molecular formula is C14H23N3O2. The fourth-order valence-electron chi connectivity index (χ4n) is 1.84. The molecule has 1 rings (SSSR count). The molecule has 0 bridgehead atoms. The van der Waals surface area contributed by atoms with Crippen molar-refractivity contribution in [2.75, 3.05) is 11.9 Å². The summed E-state index contributed by atoms with van der Waals surface area (Å²) >= 11 is 0. The molecule has 0 spiro atoms. The minimum atomic E-state index is -0.0740. The zero-order chi connectivity index (χ0) is 14.3. The normalized spacial score (nSPS) is 12.2. The van der Waals surface area contributed by atoms with E-state index < -0.39 is 0 Å². The number of hydrogen-bond donors (Lipinski definition) is 2.